The SMILES string of the molecule is CCOC(=O)C(C)(C)CC#CC(=O)C1CCC1. The molecular weight excluding hydrogens is 216 g/mol. The van der Waals surface area contributed by atoms with Crippen LogP contribution in [0.3, 0.4) is 0 Å². The van der Waals surface area contributed by atoms with Gasteiger partial charge in [-0.25, -0.2) is 0 Å². The highest BCUT2D eigenvalue weighted by atomic mass is 16.5. The molecule has 0 spiro atoms. The van der Waals surface area contributed by atoms with E-state index in [1.807, 2.05) is 0 Å². The molecule has 0 amide bonds. The molecule has 0 saturated heterocycles. The van der Waals surface area contributed by atoms with Crippen LogP contribution in [0.25, 0.3) is 0 Å². The Hall–Kier alpha value is -1.30. The summed E-state index contributed by atoms with van der Waals surface area (Å²) in [6, 6.07) is 0. The van der Waals surface area contributed by atoms with Gasteiger partial charge in [0.2, 0.25) is 5.78 Å². The molecule has 0 unspecified atom stereocenters. The zero-order valence-corrected chi connectivity index (χ0v) is 10.8. The topological polar surface area (TPSA) is 43.4 Å². The van der Waals surface area contributed by atoms with E-state index in [-0.39, 0.29) is 17.7 Å². The average Bonchev–Trinajstić information content (AvgIpc) is 2.14. The van der Waals surface area contributed by atoms with Crippen molar-refractivity contribution in [3.8, 4) is 11.8 Å². The van der Waals surface area contributed by atoms with E-state index in [4.69, 9.17) is 4.74 Å². The fourth-order valence-electron chi connectivity index (χ4n) is 1.52. The van der Waals surface area contributed by atoms with Crippen LogP contribution in [0.5, 0.6) is 0 Å². The molecule has 0 aromatic heterocycles. The Morgan fingerprint density at radius 1 is 1.35 bits per heavy atom. The minimum absolute atomic E-state index is 0.0240. The summed E-state index contributed by atoms with van der Waals surface area (Å²) >= 11 is 0. The van der Waals surface area contributed by atoms with Crippen LogP contribution in [0, 0.1) is 23.2 Å². The van der Waals surface area contributed by atoms with Crippen molar-refractivity contribution in [3.63, 3.8) is 0 Å². The highest BCUT2D eigenvalue weighted by molar-refractivity contribution is 5.97. The molecule has 0 bridgehead atoms. The van der Waals surface area contributed by atoms with Crippen LogP contribution in [-0.2, 0) is 14.3 Å². The Bertz CT molecular complexity index is 353. The number of carbonyl (C=O) groups excluding carboxylic acids is 2. The third-order valence-electron chi connectivity index (χ3n) is 3.05. The highest BCUT2D eigenvalue weighted by Crippen LogP contribution is 2.27. The van der Waals surface area contributed by atoms with Crippen molar-refractivity contribution in [2.24, 2.45) is 11.3 Å². The lowest BCUT2D eigenvalue weighted by molar-refractivity contribution is -0.153. The monoisotopic (exact) mass is 236 g/mol. The van der Waals surface area contributed by atoms with Crippen molar-refractivity contribution in [1.82, 2.24) is 0 Å². The second kappa shape index (κ2) is 5.86. The molecule has 0 N–H and O–H groups in total. The van der Waals surface area contributed by atoms with Crippen LogP contribution >= 0.6 is 0 Å². The maximum absolute atomic E-state index is 11.6. The van der Waals surface area contributed by atoms with Crippen LogP contribution < -0.4 is 0 Å². The molecule has 1 aliphatic carbocycles. The summed E-state index contributed by atoms with van der Waals surface area (Å²) in [7, 11) is 0. The highest BCUT2D eigenvalue weighted by Gasteiger charge is 2.28. The van der Waals surface area contributed by atoms with Gasteiger partial charge in [-0.05, 0) is 39.5 Å². The maximum Gasteiger partial charge on any atom is 0.312 e. The van der Waals surface area contributed by atoms with E-state index >= 15 is 0 Å². The van der Waals surface area contributed by atoms with Crippen LogP contribution in [-0.4, -0.2) is 18.4 Å². The normalized spacial score (nSPS) is 15.5. The first kappa shape index (κ1) is 13.8. The summed E-state index contributed by atoms with van der Waals surface area (Å²) in [4.78, 5) is 23.1. The first-order valence-electron chi connectivity index (χ1n) is 6.17. The zero-order chi connectivity index (χ0) is 12.9. The summed E-state index contributed by atoms with van der Waals surface area (Å²) in [6.07, 6.45) is 3.43. The predicted molar refractivity (Wildman–Crippen MR) is 65.2 cm³/mol. The molecule has 0 heterocycles. The Kier molecular flexibility index (Phi) is 4.74. The van der Waals surface area contributed by atoms with Crippen LogP contribution in [0.15, 0.2) is 0 Å². The van der Waals surface area contributed by atoms with Gasteiger partial charge < -0.3 is 4.74 Å². The number of esters is 1. The largest absolute Gasteiger partial charge is 0.466 e. The first-order chi connectivity index (χ1) is 7.97. The van der Waals surface area contributed by atoms with Gasteiger partial charge >= 0.3 is 5.97 Å². The standard InChI is InChI=1S/C14H20O3/c1-4-17-13(16)14(2,3)10-6-9-12(15)11-7-5-8-11/h11H,4-5,7-8,10H2,1-3H3. The summed E-state index contributed by atoms with van der Waals surface area (Å²) in [5, 5.41) is 0. The van der Waals surface area contributed by atoms with E-state index in [1.54, 1.807) is 20.8 Å². The summed E-state index contributed by atoms with van der Waals surface area (Å²) in [6.45, 7) is 5.72. The molecule has 94 valence electrons. The molecule has 17 heavy (non-hydrogen) atoms. The smallest absolute Gasteiger partial charge is 0.312 e. The summed E-state index contributed by atoms with van der Waals surface area (Å²) < 4.78 is 4.95. The van der Waals surface area contributed by atoms with Gasteiger partial charge in [-0.2, -0.15) is 0 Å². The van der Waals surface area contributed by atoms with Gasteiger partial charge in [0.1, 0.15) is 0 Å². The van der Waals surface area contributed by atoms with Gasteiger partial charge in [0.25, 0.3) is 0 Å². The summed E-state index contributed by atoms with van der Waals surface area (Å²) in [5.74, 6) is 5.37. The molecule has 1 saturated carbocycles. The number of ether oxygens (including phenoxy) is 1. The molecule has 1 aliphatic rings. The van der Waals surface area contributed by atoms with Gasteiger partial charge in [0.15, 0.2) is 0 Å². The first-order valence-corrected chi connectivity index (χ1v) is 6.17. The van der Waals surface area contributed by atoms with Crippen LogP contribution in [0.1, 0.15) is 46.5 Å². The van der Waals surface area contributed by atoms with E-state index in [0.717, 1.165) is 19.3 Å². The molecule has 0 aliphatic heterocycles. The van der Waals surface area contributed by atoms with E-state index in [1.165, 1.54) is 0 Å². The molecule has 1 rings (SSSR count). The fourth-order valence-corrected chi connectivity index (χ4v) is 1.52. The molecule has 0 aromatic carbocycles. The van der Waals surface area contributed by atoms with Gasteiger partial charge in [-0.3, -0.25) is 9.59 Å². The van der Waals surface area contributed by atoms with E-state index in [2.05, 4.69) is 11.8 Å². The van der Waals surface area contributed by atoms with Crippen LogP contribution in [0.2, 0.25) is 0 Å². The number of Topliss-reactive ketones (excluding diaryl/α,β-unsaturated/α-hetero) is 1. The molecule has 3 nitrogen and oxygen atoms in total. The Labute approximate surface area is 103 Å². The Morgan fingerprint density at radius 3 is 2.47 bits per heavy atom. The lowest BCUT2D eigenvalue weighted by Gasteiger charge is -2.21. The third-order valence-corrected chi connectivity index (χ3v) is 3.05. The van der Waals surface area contributed by atoms with Crippen molar-refractivity contribution < 1.29 is 14.3 Å². The number of rotatable bonds is 4. The molecule has 1 fully saturated rings. The predicted octanol–water partition coefficient (Wildman–Crippen LogP) is 2.34. The number of ketones is 1. The van der Waals surface area contributed by atoms with Crippen molar-refractivity contribution in [2.75, 3.05) is 6.61 Å². The van der Waals surface area contributed by atoms with Gasteiger partial charge in [0.05, 0.1) is 12.0 Å². The number of carbonyl (C=O) groups is 2. The second-order valence-electron chi connectivity index (χ2n) is 5.07. The molecular formula is C14H20O3. The number of hydrogen-bond donors (Lipinski definition) is 0. The molecule has 0 radical (unpaired) electrons. The maximum atomic E-state index is 11.6. The lowest BCUT2D eigenvalue weighted by atomic mass is 9.82. The quantitative estimate of drug-likeness (QED) is 0.427. The Morgan fingerprint density at radius 2 is 2.00 bits per heavy atom. The lowest BCUT2D eigenvalue weighted by Crippen LogP contribution is -2.26. The Balaban J connectivity index is 2.45. The van der Waals surface area contributed by atoms with Gasteiger partial charge in [-0.1, -0.05) is 12.3 Å². The number of hydrogen-bond acceptors (Lipinski definition) is 3. The van der Waals surface area contributed by atoms with E-state index in [9.17, 15) is 9.59 Å². The summed E-state index contributed by atoms with van der Waals surface area (Å²) in [5.41, 5.74) is -0.636. The average molecular weight is 236 g/mol. The van der Waals surface area contributed by atoms with Crippen molar-refractivity contribution >= 4 is 11.8 Å². The minimum atomic E-state index is -0.636. The second-order valence-corrected chi connectivity index (χ2v) is 5.07. The van der Waals surface area contributed by atoms with Gasteiger partial charge in [-0.15, -0.1) is 0 Å². The zero-order valence-electron chi connectivity index (χ0n) is 10.8. The van der Waals surface area contributed by atoms with E-state index < -0.39 is 5.41 Å². The van der Waals surface area contributed by atoms with Crippen LogP contribution in [0.4, 0.5) is 0 Å². The third kappa shape index (κ3) is 3.89. The fraction of sp³-hybridized carbons (Fsp3) is 0.714. The van der Waals surface area contributed by atoms with Crippen molar-refractivity contribution in [3.05, 3.63) is 0 Å². The van der Waals surface area contributed by atoms with E-state index in [0.29, 0.717) is 13.0 Å². The van der Waals surface area contributed by atoms with Gasteiger partial charge in [0, 0.05) is 12.3 Å². The molecule has 3 heteroatoms. The van der Waals surface area contributed by atoms with Crippen molar-refractivity contribution in [1.29, 1.82) is 0 Å². The van der Waals surface area contributed by atoms with Crippen molar-refractivity contribution in [2.45, 2.75) is 46.5 Å². The minimum Gasteiger partial charge on any atom is -0.466 e. The molecule has 0 aromatic rings. The molecule has 0 atom stereocenters.